The third-order valence-corrected chi connectivity index (χ3v) is 4.34. The zero-order valence-corrected chi connectivity index (χ0v) is 16.1. The van der Waals surface area contributed by atoms with Crippen molar-refractivity contribution in [3.05, 3.63) is 48.5 Å². The van der Waals surface area contributed by atoms with Gasteiger partial charge in [-0.2, -0.15) is 0 Å². The Kier molecular flexibility index (Phi) is 6.28. The fourth-order valence-electron chi connectivity index (χ4n) is 2.34. The van der Waals surface area contributed by atoms with Crippen LogP contribution in [0, 0.1) is 0 Å². The number of anilines is 2. The largest absolute Gasteiger partial charge is 0.497 e. The molecule has 0 saturated carbocycles. The van der Waals surface area contributed by atoms with Crippen molar-refractivity contribution in [2.75, 3.05) is 23.5 Å². The van der Waals surface area contributed by atoms with Crippen LogP contribution < -0.4 is 15.4 Å². The van der Waals surface area contributed by atoms with E-state index in [2.05, 4.69) is 20.8 Å². The number of amides is 2. The number of carbonyl (C=O) groups excluding carboxylic acids is 2. The minimum absolute atomic E-state index is 0.116. The Bertz CT molecular complexity index is 989. The Morgan fingerprint density at radius 1 is 1.07 bits per heavy atom. The zero-order valence-electron chi connectivity index (χ0n) is 15.3. The van der Waals surface area contributed by atoms with Crippen LogP contribution >= 0.6 is 11.8 Å². The van der Waals surface area contributed by atoms with Crippen molar-refractivity contribution in [1.29, 1.82) is 0 Å². The van der Waals surface area contributed by atoms with Crippen LogP contribution in [0.4, 0.5) is 11.4 Å². The number of thioether (sulfide) groups is 1. The summed E-state index contributed by atoms with van der Waals surface area (Å²) >= 11 is 1.13. The van der Waals surface area contributed by atoms with Crippen LogP contribution in [0.15, 0.2) is 58.2 Å². The van der Waals surface area contributed by atoms with Gasteiger partial charge in [0.15, 0.2) is 0 Å². The minimum Gasteiger partial charge on any atom is -0.497 e. The van der Waals surface area contributed by atoms with Crippen LogP contribution in [0.3, 0.4) is 0 Å². The Hall–Kier alpha value is -3.33. The predicted octanol–water partition coefficient (Wildman–Crippen LogP) is 3.43. The summed E-state index contributed by atoms with van der Waals surface area (Å²) in [6, 6.07) is 14.2. The smallest absolute Gasteiger partial charge is 0.277 e. The van der Waals surface area contributed by atoms with Gasteiger partial charge in [-0.1, -0.05) is 23.9 Å². The third kappa shape index (κ3) is 5.34. The minimum atomic E-state index is -0.203. The van der Waals surface area contributed by atoms with Crippen molar-refractivity contribution in [1.82, 2.24) is 10.2 Å². The van der Waals surface area contributed by atoms with Crippen LogP contribution in [0.2, 0.25) is 0 Å². The van der Waals surface area contributed by atoms with Crippen molar-refractivity contribution in [3.63, 3.8) is 0 Å². The lowest BCUT2D eigenvalue weighted by atomic mass is 10.2. The zero-order chi connectivity index (χ0) is 19.9. The third-order valence-electron chi connectivity index (χ3n) is 3.52. The lowest BCUT2D eigenvalue weighted by Gasteiger charge is -2.06. The highest BCUT2D eigenvalue weighted by molar-refractivity contribution is 7.99. The molecular weight excluding hydrogens is 380 g/mol. The van der Waals surface area contributed by atoms with Crippen LogP contribution in [-0.2, 0) is 9.59 Å². The molecule has 28 heavy (non-hydrogen) atoms. The summed E-state index contributed by atoms with van der Waals surface area (Å²) in [5.41, 5.74) is 1.95. The molecule has 2 aromatic carbocycles. The first kappa shape index (κ1) is 19.4. The molecule has 0 fully saturated rings. The van der Waals surface area contributed by atoms with Gasteiger partial charge in [0.25, 0.3) is 5.22 Å². The van der Waals surface area contributed by atoms with Gasteiger partial charge in [-0.25, -0.2) is 0 Å². The SMILES string of the molecule is COc1cccc(NC(=O)CSc2nnc(-c3cccc(NC(C)=O)c3)o2)c1. The molecule has 0 aliphatic carbocycles. The summed E-state index contributed by atoms with van der Waals surface area (Å²) in [5, 5.41) is 13.7. The molecule has 3 rings (SSSR count). The summed E-state index contributed by atoms with van der Waals surface area (Å²) in [6.07, 6.45) is 0. The topological polar surface area (TPSA) is 106 Å². The average Bonchev–Trinajstić information content (AvgIpc) is 3.15. The summed E-state index contributed by atoms with van der Waals surface area (Å²) in [5.74, 6) is 0.716. The number of benzene rings is 2. The number of rotatable bonds is 7. The maximum absolute atomic E-state index is 12.1. The van der Waals surface area contributed by atoms with Crippen LogP contribution in [0.25, 0.3) is 11.5 Å². The van der Waals surface area contributed by atoms with Crippen molar-refractivity contribution in [3.8, 4) is 17.2 Å². The van der Waals surface area contributed by atoms with E-state index in [0.717, 1.165) is 11.8 Å². The van der Waals surface area contributed by atoms with E-state index in [4.69, 9.17) is 9.15 Å². The summed E-state index contributed by atoms with van der Waals surface area (Å²) < 4.78 is 10.7. The summed E-state index contributed by atoms with van der Waals surface area (Å²) in [7, 11) is 1.57. The number of ether oxygens (including phenoxy) is 1. The number of hydrogen-bond donors (Lipinski definition) is 2. The monoisotopic (exact) mass is 398 g/mol. The number of methoxy groups -OCH3 is 1. The van der Waals surface area contributed by atoms with Gasteiger partial charge >= 0.3 is 0 Å². The lowest BCUT2D eigenvalue weighted by Crippen LogP contribution is -2.13. The van der Waals surface area contributed by atoms with Gasteiger partial charge < -0.3 is 19.8 Å². The normalized spacial score (nSPS) is 10.4. The molecule has 0 aliphatic heterocycles. The number of nitrogens with one attached hydrogen (secondary N) is 2. The first-order valence-corrected chi connectivity index (χ1v) is 9.30. The van der Waals surface area contributed by atoms with E-state index < -0.39 is 0 Å². The number of aromatic nitrogens is 2. The first-order valence-electron chi connectivity index (χ1n) is 8.32. The molecule has 0 radical (unpaired) electrons. The molecule has 3 aromatic rings. The fraction of sp³-hybridized carbons (Fsp3) is 0.158. The highest BCUT2D eigenvalue weighted by Crippen LogP contribution is 2.25. The molecule has 1 heterocycles. The number of hydrogen-bond acceptors (Lipinski definition) is 7. The highest BCUT2D eigenvalue weighted by Gasteiger charge is 2.12. The van der Waals surface area contributed by atoms with E-state index in [1.807, 2.05) is 0 Å². The molecule has 144 valence electrons. The molecule has 0 aliphatic rings. The van der Waals surface area contributed by atoms with E-state index in [1.165, 1.54) is 6.92 Å². The summed E-state index contributed by atoms with van der Waals surface area (Å²) in [4.78, 5) is 23.3. The van der Waals surface area contributed by atoms with Crippen molar-refractivity contribution in [2.45, 2.75) is 12.1 Å². The molecule has 0 unspecified atom stereocenters. The predicted molar refractivity (Wildman–Crippen MR) is 106 cm³/mol. The quantitative estimate of drug-likeness (QED) is 0.587. The molecular formula is C19H18N4O4S. The maximum Gasteiger partial charge on any atom is 0.277 e. The highest BCUT2D eigenvalue weighted by atomic mass is 32.2. The van der Waals surface area contributed by atoms with Crippen LogP contribution in [-0.4, -0.2) is 34.9 Å². The second-order valence-electron chi connectivity index (χ2n) is 5.70. The molecule has 0 bridgehead atoms. The fourth-order valence-corrected chi connectivity index (χ4v) is 2.91. The molecule has 0 spiro atoms. The molecule has 0 saturated heterocycles. The van der Waals surface area contributed by atoms with Gasteiger partial charge in [-0.3, -0.25) is 9.59 Å². The van der Waals surface area contributed by atoms with Crippen LogP contribution in [0.5, 0.6) is 5.75 Å². The van der Waals surface area contributed by atoms with Gasteiger partial charge in [0.2, 0.25) is 17.7 Å². The van der Waals surface area contributed by atoms with Gasteiger partial charge in [0, 0.05) is 29.9 Å². The van der Waals surface area contributed by atoms with Gasteiger partial charge in [0.05, 0.1) is 12.9 Å². The van der Waals surface area contributed by atoms with Gasteiger partial charge in [-0.15, -0.1) is 10.2 Å². The van der Waals surface area contributed by atoms with Crippen molar-refractivity contribution < 1.29 is 18.7 Å². The first-order chi connectivity index (χ1) is 13.5. The Morgan fingerprint density at radius 3 is 2.57 bits per heavy atom. The molecule has 1 aromatic heterocycles. The van der Waals surface area contributed by atoms with Crippen LogP contribution in [0.1, 0.15) is 6.92 Å². The van der Waals surface area contributed by atoms with E-state index >= 15 is 0 Å². The Balaban J connectivity index is 1.58. The molecule has 8 nitrogen and oxygen atoms in total. The Morgan fingerprint density at radius 2 is 1.82 bits per heavy atom. The van der Waals surface area contributed by atoms with E-state index in [-0.39, 0.29) is 22.8 Å². The van der Waals surface area contributed by atoms with Gasteiger partial charge in [-0.05, 0) is 30.3 Å². The van der Waals surface area contributed by atoms with E-state index in [1.54, 1.807) is 55.6 Å². The Labute approximate surface area is 165 Å². The van der Waals surface area contributed by atoms with E-state index in [0.29, 0.717) is 28.6 Å². The number of carbonyl (C=O) groups is 2. The van der Waals surface area contributed by atoms with E-state index in [9.17, 15) is 9.59 Å². The van der Waals surface area contributed by atoms with Crippen molar-refractivity contribution >= 4 is 35.0 Å². The second-order valence-corrected chi connectivity index (χ2v) is 6.63. The maximum atomic E-state index is 12.1. The van der Waals surface area contributed by atoms with Gasteiger partial charge in [0.1, 0.15) is 5.75 Å². The lowest BCUT2D eigenvalue weighted by molar-refractivity contribution is -0.114. The van der Waals surface area contributed by atoms with Crippen molar-refractivity contribution in [2.24, 2.45) is 0 Å². The standard InChI is InChI=1S/C19H18N4O4S/c1-12(24)20-14-6-3-5-13(9-14)18-22-23-19(27-18)28-11-17(25)21-15-7-4-8-16(10-15)26-2/h3-10H,11H2,1-2H3,(H,20,24)(H,21,25). The number of nitrogens with zero attached hydrogens (tertiary/aromatic N) is 2. The molecule has 2 N–H and O–H groups in total. The summed E-state index contributed by atoms with van der Waals surface area (Å²) in [6.45, 7) is 1.44. The molecule has 0 atom stereocenters. The second kappa shape index (κ2) is 9.05. The average molecular weight is 398 g/mol. The molecule has 9 heteroatoms. The molecule has 2 amide bonds.